The minimum absolute atomic E-state index is 0.00430. The van der Waals surface area contributed by atoms with Gasteiger partial charge in [-0.25, -0.2) is 8.78 Å². The van der Waals surface area contributed by atoms with Gasteiger partial charge in [0.05, 0.1) is 22.8 Å². The summed E-state index contributed by atoms with van der Waals surface area (Å²) in [5, 5.41) is 13.8. The fourth-order valence-electron chi connectivity index (χ4n) is 4.34. The van der Waals surface area contributed by atoms with Crippen LogP contribution in [0.25, 0.3) is 0 Å². The van der Waals surface area contributed by atoms with Crippen LogP contribution in [0.15, 0.2) is 35.2 Å². The van der Waals surface area contributed by atoms with Gasteiger partial charge in [-0.2, -0.15) is 4.39 Å². The number of hydrogen-bond acceptors (Lipinski definition) is 5. The molecule has 0 aromatic heterocycles. The topological polar surface area (TPSA) is 105 Å². The van der Waals surface area contributed by atoms with Crippen LogP contribution in [0.3, 0.4) is 0 Å². The summed E-state index contributed by atoms with van der Waals surface area (Å²) in [6.07, 6.45) is 1.58. The van der Waals surface area contributed by atoms with Gasteiger partial charge in [-0.15, -0.1) is 11.8 Å². The third kappa shape index (κ3) is 5.95. The van der Waals surface area contributed by atoms with Crippen molar-refractivity contribution >= 4 is 29.5 Å². The van der Waals surface area contributed by atoms with Gasteiger partial charge in [0.25, 0.3) is 5.91 Å². The number of ether oxygens (including phenoxy) is 1. The lowest BCUT2D eigenvalue weighted by molar-refractivity contribution is -0.143. The maximum absolute atomic E-state index is 14.5. The molecule has 4 rings (SSSR count). The molecule has 0 saturated heterocycles. The molecule has 2 aliphatic rings. The summed E-state index contributed by atoms with van der Waals surface area (Å²) in [5.41, 5.74) is 0.274. The molecule has 36 heavy (non-hydrogen) atoms. The zero-order valence-corrected chi connectivity index (χ0v) is 20.0. The predicted octanol–water partition coefficient (Wildman–Crippen LogP) is 3.69. The van der Waals surface area contributed by atoms with Gasteiger partial charge in [0.1, 0.15) is 5.82 Å². The second kappa shape index (κ2) is 11.2. The number of halogens is 3. The van der Waals surface area contributed by atoms with Gasteiger partial charge in [-0.05, 0) is 68.0 Å². The first-order valence-electron chi connectivity index (χ1n) is 11.6. The molecule has 1 heterocycles. The predicted molar refractivity (Wildman–Crippen MR) is 125 cm³/mol. The van der Waals surface area contributed by atoms with Crippen molar-refractivity contribution in [3.8, 4) is 5.75 Å². The van der Waals surface area contributed by atoms with Gasteiger partial charge in [0.2, 0.25) is 11.7 Å². The number of carbonyl (C=O) groups excluding carboxylic acids is 2. The molecule has 1 aliphatic carbocycles. The smallest absolute Gasteiger partial charge is 0.306 e. The molecule has 2 amide bonds. The Labute approximate surface area is 209 Å². The highest BCUT2D eigenvalue weighted by molar-refractivity contribution is 8.01. The van der Waals surface area contributed by atoms with Crippen LogP contribution in [-0.2, 0) is 16.0 Å². The number of carboxylic acid groups (broad SMARTS) is 1. The van der Waals surface area contributed by atoms with E-state index in [1.165, 1.54) is 30.0 Å². The summed E-state index contributed by atoms with van der Waals surface area (Å²) in [4.78, 5) is 36.6. The summed E-state index contributed by atoms with van der Waals surface area (Å²) < 4.78 is 47.9. The molecule has 0 bridgehead atoms. The van der Waals surface area contributed by atoms with Crippen LogP contribution >= 0.6 is 11.8 Å². The molecule has 1 fully saturated rings. The van der Waals surface area contributed by atoms with E-state index in [4.69, 9.17) is 9.84 Å². The second-order valence-corrected chi connectivity index (χ2v) is 10.0. The Morgan fingerprint density at radius 1 is 0.972 bits per heavy atom. The van der Waals surface area contributed by atoms with E-state index < -0.39 is 46.3 Å². The van der Waals surface area contributed by atoms with E-state index in [-0.39, 0.29) is 30.6 Å². The Morgan fingerprint density at radius 2 is 1.69 bits per heavy atom. The molecule has 3 N–H and O–H groups in total. The molecule has 192 valence electrons. The van der Waals surface area contributed by atoms with E-state index in [9.17, 15) is 27.6 Å². The first-order valence-corrected chi connectivity index (χ1v) is 12.5. The fourth-order valence-corrected chi connectivity index (χ4v) is 5.54. The summed E-state index contributed by atoms with van der Waals surface area (Å²) in [6, 6.07) is 6.68. The molecule has 0 radical (unpaired) electrons. The Bertz CT molecular complexity index is 1170. The molecular formula is C25H25F3N2O5S. The zero-order valence-electron chi connectivity index (χ0n) is 19.2. The molecule has 0 spiro atoms. The van der Waals surface area contributed by atoms with Crippen LogP contribution in [0.1, 0.15) is 41.6 Å². The number of hydrogen-bond donors (Lipinski definition) is 3. The molecule has 1 aliphatic heterocycles. The monoisotopic (exact) mass is 522 g/mol. The van der Waals surface area contributed by atoms with Crippen LogP contribution in [0.4, 0.5) is 13.2 Å². The number of carboxylic acids is 1. The highest BCUT2D eigenvalue weighted by Gasteiger charge is 2.29. The number of thioether (sulfide) groups is 1. The van der Waals surface area contributed by atoms with Crippen LogP contribution < -0.4 is 15.4 Å². The summed E-state index contributed by atoms with van der Waals surface area (Å²) in [7, 11) is 0. The van der Waals surface area contributed by atoms with Crippen molar-refractivity contribution in [2.24, 2.45) is 5.92 Å². The standard InChI is InChI=1S/C25H25F3N2O5S/c26-15-3-8-19-14(11-15)12-20(36-19)24(32)30-10-9-29-23(31)17-6-7-18(22(28)21(17)27)35-16-4-1-13(2-5-16)25(33)34/h3,6-8,11,13,16,20H,1-2,4-5,9-10,12H2,(H,29,31)(H,30,32)(H,33,34)/t13-,16+,20?. The summed E-state index contributed by atoms with van der Waals surface area (Å²) >= 11 is 1.34. The van der Waals surface area contributed by atoms with Crippen molar-refractivity contribution in [2.45, 2.75) is 48.4 Å². The summed E-state index contributed by atoms with van der Waals surface area (Å²) in [5.74, 6) is -5.75. The van der Waals surface area contributed by atoms with Crippen LogP contribution in [0.2, 0.25) is 0 Å². The minimum atomic E-state index is -1.35. The van der Waals surface area contributed by atoms with E-state index >= 15 is 0 Å². The molecular weight excluding hydrogens is 497 g/mol. The Morgan fingerprint density at radius 3 is 2.42 bits per heavy atom. The zero-order chi connectivity index (χ0) is 25.8. The number of carbonyl (C=O) groups is 3. The maximum atomic E-state index is 14.5. The molecule has 2 aromatic rings. The quantitative estimate of drug-likeness (QED) is 0.457. The van der Waals surface area contributed by atoms with E-state index in [0.717, 1.165) is 16.5 Å². The van der Waals surface area contributed by atoms with E-state index in [1.54, 1.807) is 6.07 Å². The van der Waals surface area contributed by atoms with Crippen molar-refractivity contribution in [3.63, 3.8) is 0 Å². The maximum Gasteiger partial charge on any atom is 0.306 e. The SMILES string of the molecule is O=C(NCCNC(=O)C1Cc2cc(F)ccc2S1)c1ccc(O[C@H]2CC[C@@H](C(=O)O)CC2)c(F)c1F. The second-order valence-electron chi connectivity index (χ2n) is 8.78. The molecule has 1 unspecified atom stereocenters. The number of amides is 2. The third-order valence-electron chi connectivity index (χ3n) is 6.31. The van der Waals surface area contributed by atoms with E-state index in [0.29, 0.717) is 32.1 Å². The average molecular weight is 523 g/mol. The Hall–Kier alpha value is -3.21. The first kappa shape index (κ1) is 25.9. The lowest BCUT2D eigenvalue weighted by Crippen LogP contribution is -2.38. The lowest BCUT2D eigenvalue weighted by Gasteiger charge is -2.27. The molecule has 2 aromatic carbocycles. The van der Waals surface area contributed by atoms with E-state index in [2.05, 4.69) is 10.6 Å². The molecule has 7 nitrogen and oxygen atoms in total. The van der Waals surface area contributed by atoms with Crippen molar-refractivity contribution in [3.05, 3.63) is 58.9 Å². The van der Waals surface area contributed by atoms with Crippen molar-refractivity contribution in [1.29, 1.82) is 0 Å². The Balaban J connectivity index is 1.23. The fraction of sp³-hybridized carbons (Fsp3) is 0.400. The van der Waals surface area contributed by atoms with Gasteiger partial charge in [-0.1, -0.05) is 0 Å². The normalized spacial score (nSPS) is 20.9. The van der Waals surface area contributed by atoms with Crippen molar-refractivity contribution < 1.29 is 37.4 Å². The van der Waals surface area contributed by atoms with Crippen molar-refractivity contribution in [1.82, 2.24) is 10.6 Å². The summed E-state index contributed by atoms with van der Waals surface area (Å²) in [6.45, 7) is 0.0757. The first-order chi connectivity index (χ1) is 17.2. The lowest BCUT2D eigenvalue weighted by atomic mass is 9.87. The highest BCUT2D eigenvalue weighted by atomic mass is 32.2. The number of fused-ring (bicyclic) bond motifs is 1. The number of nitrogens with one attached hydrogen (secondary N) is 2. The van der Waals surface area contributed by atoms with Gasteiger partial charge in [-0.3, -0.25) is 14.4 Å². The van der Waals surface area contributed by atoms with Crippen molar-refractivity contribution in [2.75, 3.05) is 13.1 Å². The number of benzene rings is 2. The van der Waals surface area contributed by atoms with Gasteiger partial charge >= 0.3 is 5.97 Å². The van der Waals surface area contributed by atoms with Gasteiger partial charge in [0.15, 0.2) is 11.6 Å². The van der Waals surface area contributed by atoms with Crippen LogP contribution in [0.5, 0.6) is 5.75 Å². The number of aliphatic carboxylic acids is 1. The van der Waals surface area contributed by atoms with Crippen LogP contribution in [-0.4, -0.2) is 47.3 Å². The van der Waals surface area contributed by atoms with Crippen LogP contribution in [0, 0.1) is 23.4 Å². The molecule has 11 heteroatoms. The average Bonchev–Trinajstić information content (AvgIpc) is 3.28. The molecule has 1 saturated carbocycles. The van der Waals surface area contributed by atoms with Gasteiger partial charge in [0, 0.05) is 18.0 Å². The number of rotatable bonds is 8. The third-order valence-corrected chi connectivity index (χ3v) is 7.63. The Kier molecular flexibility index (Phi) is 8.07. The van der Waals surface area contributed by atoms with E-state index in [1.807, 2.05) is 0 Å². The minimum Gasteiger partial charge on any atom is -0.487 e. The largest absolute Gasteiger partial charge is 0.487 e. The molecule has 1 atom stereocenters. The highest BCUT2D eigenvalue weighted by Crippen LogP contribution is 2.37. The van der Waals surface area contributed by atoms with Gasteiger partial charge < -0.3 is 20.5 Å².